The smallest absolute Gasteiger partial charge is 0.116 e. The average Bonchev–Trinajstić information content (AvgIpc) is 2.02. The Kier molecular flexibility index (Phi) is 14.2. The lowest BCUT2D eigenvalue weighted by Crippen LogP contribution is -2.17. The fraction of sp³-hybridized carbons (Fsp3) is 0.625. The van der Waals surface area contributed by atoms with Crippen LogP contribution in [0, 0.1) is 0 Å². The minimum absolute atomic E-state index is 0.131. The zero-order valence-corrected chi connectivity index (χ0v) is 7.37. The summed E-state index contributed by atoms with van der Waals surface area (Å²) in [5.41, 5.74) is 0. The summed E-state index contributed by atoms with van der Waals surface area (Å²) in [6.45, 7) is 3.60. The number of carbonyl (C=O) groups is 1. The van der Waals surface area contributed by atoms with Gasteiger partial charge in [0.2, 0.25) is 0 Å². The number of hydrogen-bond acceptors (Lipinski definition) is 3. The molecule has 0 amide bonds. The van der Waals surface area contributed by atoms with E-state index in [0.29, 0.717) is 6.04 Å². The van der Waals surface area contributed by atoms with E-state index in [9.17, 15) is 0 Å². The van der Waals surface area contributed by atoms with Crippen LogP contribution in [0.5, 0.6) is 0 Å². The maximum Gasteiger partial charge on any atom is 0.116 e. The SMILES string of the molecule is CC=O.CNC(C)/C=C/CO. The zero-order chi connectivity index (χ0) is 9.11. The predicted octanol–water partition coefficient (Wildman–Crippen LogP) is 0.348. The van der Waals surface area contributed by atoms with Gasteiger partial charge in [-0.15, -0.1) is 0 Å². The molecule has 0 heterocycles. The van der Waals surface area contributed by atoms with Gasteiger partial charge in [-0.25, -0.2) is 0 Å². The van der Waals surface area contributed by atoms with Crippen LogP contribution in [0.25, 0.3) is 0 Å². The molecule has 0 rings (SSSR count). The van der Waals surface area contributed by atoms with Gasteiger partial charge in [0.1, 0.15) is 6.29 Å². The van der Waals surface area contributed by atoms with Gasteiger partial charge in [0.15, 0.2) is 0 Å². The topological polar surface area (TPSA) is 49.3 Å². The molecule has 0 radical (unpaired) electrons. The van der Waals surface area contributed by atoms with E-state index in [-0.39, 0.29) is 6.61 Å². The third kappa shape index (κ3) is 17.6. The quantitative estimate of drug-likeness (QED) is 0.461. The first-order valence-electron chi connectivity index (χ1n) is 3.57. The van der Waals surface area contributed by atoms with E-state index in [1.54, 1.807) is 6.08 Å². The first-order chi connectivity index (χ1) is 5.22. The van der Waals surface area contributed by atoms with Gasteiger partial charge >= 0.3 is 0 Å². The van der Waals surface area contributed by atoms with E-state index in [4.69, 9.17) is 9.90 Å². The number of carbonyl (C=O) groups excluding carboxylic acids is 1. The van der Waals surface area contributed by atoms with E-state index in [0.717, 1.165) is 6.29 Å². The van der Waals surface area contributed by atoms with Crippen LogP contribution in [-0.2, 0) is 4.79 Å². The van der Waals surface area contributed by atoms with Crippen molar-refractivity contribution in [2.75, 3.05) is 13.7 Å². The predicted molar refractivity (Wildman–Crippen MR) is 46.5 cm³/mol. The molecule has 0 aromatic heterocycles. The van der Waals surface area contributed by atoms with Gasteiger partial charge in [-0.3, -0.25) is 0 Å². The first-order valence-corrected chi connectivity index (χ1v) is 3.57. The van der Waals surface area contributed by atoms with E-state index in [2.05, 4.69) is 5.32 Å². The lowest BCUT2D eigenvalue weighted by atomic mass is 10.3. The Labute approximate surface area is 68.1 Å². The molecule has 11 heavy (non-hydrogen) atoms. The van der Waals surface area contributed by atoms with Crippen molar-refractivity contribution in [2.24, 2.45) is 0 Å². The van der Waals surface area contributed by atoms with Crippen molar-refractivity contribution in [3.8, 4) is 0 Å². The zero-order valence-electron chi connectivity index (χ0n) is 7.37. The molecule has 0 saturated heterocycles. The molecule has 3 heteroatoms. The van der Waals surface area contributed by atoms with Crippen molar-refractivity contribution in [3.05, 3.63) is 12.2 Å². The Morgan fingerprint density at radius 2 is 2.09 bits per heavy atom. The van der Waals surface area contributed by atoms with Crippen molar-refractivity contribution in [1.82, 2.24) is 5.32 Å². The maximum absolute atomic E-state index is 8.81. The Morgan fingerprint density at radius 1 is 1.64 bits per heavy atom. The normalized spacial score (nSPS) is 12.0. The van der Waals surface area contributed by atoms with Crippen LogP contribution >= 0.6 is 0 Å². The number of nitrogens with one attached hydrogen (secondary N) is 1. The molecular weight excluding hydrogens is 142 g/mol. The molecule has 0 spiro atoms. The summed E-state index contributed by atoms with van der Waals surface area (Å²) < 4.78 is 0. The molecule has 0 aliphatic heterocycles. The lowest BCUT2D eigenvalue weighted by molar-refractivity contribution is -0.106. The standard InChI is InChI=1S/C6H13NO.C2H4O/c1-6(7-2)4-3-5-8;1-2-3/h3-4,6-8H,5H2,1-2H3;2H,1H3/b4-3+;. The third-order valence-corrected chi connectivity index (χ3v) is 0.986. The minimum Gasteiger partial charge on any atom is -0.392 e. The van der Waals surface area contributed by atoms with E-state index in [1.807, 2.05) is 20.0 Å². The molecule has 0 aliphatic rings. The molecule has 0 aliphatic carbocycles. The molecule has 2 N–H and O–H groups in total. The van der Waals surface area contributed by atoms with Crippen LogP contribution in [0.2, 0.25) is 0 Å². The van der Waals surface area contributed by atoms with Gasteiger partial charge in [0, 0.05) is 6.04 Å². The van der Waals surface area contributed by atoms with Crippen LogP contribution < -0.4 is 5.32 Å². The molecule has 0 fully saturated rings. The van der Waals surface area contributed by atoms with Gasteiger partial charge in [-0.2, -0.15) is 0 Å². The summed E-state index contributed by atoms with van der Waals surface area (Å²) in [6, 6.07) is 0.363. The van der Waals surface area contributed by atoms with Gasteiger partial charge in [-0.1, -0.05) is 12.2 Å². The Bertz CT molecular complexity index is 102. The van der Waals surface area contributed by atoms with Crippen molar-refractivity contribution < 1.29 is 9.90 Å². The summed E-state index contributed by atoms with van der Waals surface area (Å²) in [4.78, 5) is 8.81. The number of hydrogen-bond donors (Lipinski definition) is 2. The second kappa shape index (κ2) is 12.0. The Balaban J connectivity index is 0. The Morgan fingerprint density at radius 3 is 2.36 bits per heavy atom. The Hall–Kier alpha value is -0.670. The third-order valence-electron chi connectivity index (χ3n) is 0.986. The number of aldehydes is 1. The maximum atomic E-state index is 8.81. The molecule has 0 aromatic carbocycles. The molecule has 66 valence electrons. The van der Waals surface area contributed by atoms with Gasteiger partial charge < -0.3 is 15.2 Å². The summed E-state index contributed by atoms with van der Waals surface area (Å²) in [6.07, 6.45) is 4.39. The fourth-order valence-electron chi connectivity index (χ4n) is 0.361. The lowest BCUT2D eigenvalue weighted by Gasteiger charge is -2.00. The van der Waals surface area contributed by atoms with E-state index in [1.165, 1.54) is 6.92 Å². The highest BCUT2D eigenvalue weighted by molar-refractivity contribution is 5.44. The fourth-order valence-corrected chi connectivity index (χ4v) is 0.361. The van der Waals surface area contributed by atoms with E-state index < -0.39 is 0 Å². The van der Waals surface area contributed by atoms with Crippen LogP contribution in [0.4, 0.5) is 0 Å². The molecule has 0 bridgehead atoms. The largest absolute Gasteiger partial charge is 0.392 e. The van der Waals surface area contributed by atoms with Crippen molar-refractivity contribution in [3.63, 3.8) is 0 Å². The van der Waals surface area contributed by atoms with E-state index >= 15 is 0 Å². The van der Waals surface area contributed by atoms with Crippen molar-refractivity contribution in [2.45, 2.75) is 19.9 Å². The monoisotopic (exact) mass is 159 g/mol. The average molecular weight is 159 g/mol. The molecule has 3 nitrogen and oxygen atoms in total. The summed E-state index contributed by atoms with van der Waals surface area (Å²) >= 11 is 0. The number of aliphatic hydroxyl groups excluding tert-OH is 1. The van der Waals surface area contributed by atoms with Gasteiger partial charge in [-0.05, 0) is 20.9 Å². The molecule has 0 saturated carbocycles. The number of aliphatic hydroxyl groups is 1. The number of likely N-dealkylation sites (N-methyl/N-ethyl adjacent to an activating group) is 1. The van der Waals surface area contributed by atoms with Gasteiger partial charge in [0.05, 0.1) is 6.61 Å². The summed E-state index contributed by atoms with van der Waals surface area (Å²) in [7, 11) is 1.88. The number of rotatable bonds is 3. The highest BCUT2D eigenvalue weighted by Gasteiger charge is 1.85. The second-order valence-electron chi connectivity index (χ2n) is 1.92. The summed E-state index contributed by atoms with van der Waals surface area (Å²) in [5, 5.41) is 11.3. The molecule has 1 atom stereocenters. The van der Waals surface area contributed by atoms with Crippen LogP contribution in [0.15, 0.2) is 12.2 Å². The first kappa shape index (κ1) is 13.0. The molecule has 1 unspecified atom stereocenters. The van der Waals surface area contributed by atoms with Crippen LogP contribution in [-0.4, -0.2) is 31.1 Å². The highest BCUT2D eigenvalue weighted by atomic mass is 16.2. The molecule has 0 aromatic rings. The van der Waals surface area contributed by atoms with Crippen molar-refractivity contribution >= 4 is 6.29 Å². The minimum atomic E-state index is 0.131. The summed E-state index contributed by atoms with van der Waals surface area (Å²) in [5.74, 6) is 0. The van der Waals surface area contributed by atoms with Crippen LogP contribution in [0.3, 0.4) is 0 Å². The second-order valence-corrected chi connectivity index (χ2v) is 1.92. The van der Waals surface area contributed by atoms with Crippen LogP contribution in [0.1, 0.15) is 13.8 Å². The van der Waals surface area contributed by atoms with Gasteiger partial charge in [0.25, 0.3) is 0 Å². The highest BCUT2D eigenvalue weighted by Crippen LogP contribution is 1.80. The van der Waals surface area contributed by atoms with Crippen molar-refractivity contribution in [1.29, 1.82) is 0 Å². The molecular formula is C8H17NO2.